The van der Waals surface area contributed by atoms with Gasteiger partial charge in [0.2, 0.25) is 0 Å². The number of fused-ring (bicyclic) bond motifs is 1. The molecule has 1 aliphatic carbocycles. The lowest BCUT2D eigenvalue weighted by Crippen LogP contribution is -2.35. The average Bonchev–Trinajstić information content (AvgIpc) is 2.89. The first-order chi connectivity index (χ1) is 10.2. The smallest absolute Gasteiger partial charge is 0.251 e. The molecule has 0 saturated carbocycles. The van der Waals surface area contributed by atoms with Crippen LogP contribution in [0.2, 0.25) is 0 Å². The van der Waals surface area contributed by atoms with Gasteiger partial charge in [-0.05, 0) is 54.7 Å². The van der Waals surface area contributed by atoms with E-state index >= 15 is 0 Å². The Kier molecular flexibility index (Phi) is 3.62. The van der Waals surface area contributed by atoms with Crippen LogP contribution in [0.4, 0.5) is 5.69 Å². The molecule has 0 bridgehead atoms. The predicted octanol–water partition coefficient (Wildman–Crippen LogP) is 2.18. The number of hydrazine groups is 1. The van der Waals surface area contributed by atoms with Crippen LogP contribution in [0.3, 0.4) is 0 Å². The molecule has 0 radical (unpaired) electrons. The van der Waals surface area contributed by atoms with Crippen LogP contribution in [0.1, 0.15) is 27.0 Å². The predicted molar refractivity (Wildman–Crippen MR) is 84.1 cm³/mol. The lowest BCUT2D eigenvalue weighted by Gasteiger charge is -2.13. The molecule has 0 fully saturated rings. The van der Waals surface area contributed by atoms with Crippen molar-refractivity contribution in [2.75, 3.05) is 5.43 Å². The van der Waals surface area contributed by atoms with Gasteiger partial charge >= 0.3 is 0 Å². The molecule has 108 valence electrons. The number of nitrogens with one attached hydrogen (secondary N) is 2. The Labute approximate surface area is 124 Å². The molecule has 4 nitrogen and oxygen atoms in total. The summed E-state index contributed by atoms with van der Waals surface area (Å²) in [7, 11) is 0. The highest BCUT2D eigenvalue weighted by Crippen LogP contribution is 2.22. The van der Waals surface area contributed by atoms with Crippen molar-refractivity contribution in [2.24, 2.45) is 5.84 Å². The van der Waals surface area contributed by atoms with Crippen LogP contribution in [0.15, 0.2) is 42.5 Å². The highest BCUT2D eigenvalue weighted by Gasteiger charge is 2.22. The molecule has 0 unspecified atom stereocenters. The molecular weight excluding hydrogens is 262 g/mol. The summed E-state index contributed by atoms with van der Waals surface area (Å²) in [4.78, 5) is 12.3. The number of amides is 1. The molecule has 0 heterocycles. The Balaban J connectivity index is 1.69. The van der Waals surface area contributed by atoms with Gasteiger partial charge < -0.3 is 10.7 Å². The second kappa shape index (κ2) is 5.58. The van der Waals surface area contributed by atoms with Gasteiger partial charge in [-0.2, -0.15) is 0 Å². The van der Waals surface area contributed by atoms with E-state index in [1.54, 1.807) is 6.07 Å². The summed E-state index contributed by atoms with van der Waals surface area (Å²) in [6.45, 7) is 1.93. The maximum absolute atomic E-state index is 12.3. The van der Waals surface area contributed by atoms with E-state index in [2.05, 4.69) is 22.9 Å². The minimum absolute atomic E-state index is 0.0283. The van der Waals surface area contributed by atoms with Crippen molar-refractivity contribution in [3.8, 4) is 0 Å². The van der Waals surface area contributed by atoms with Gasteiger partial charge in [0, 0.05) is 11.6 Å². The van der Waals surface area contributed by atoms with E-state index in [-0.39, 0.29) is 11.9 Å². The lowest BCUT2D eigenvalue weighted by molar-refractivity contribution is 0.0938. The van der Waals surface area contributed by atoms with Crippen LogP contribution < -0.4 is 16.6 Å². The Morgan fingerprint density at radius 1 is 1.14 bits per heavy atom. The summed E-state index contributed by atoms with van der Waals surface area (Å²) in [5, 5.41) is 3.12. The Bertz CT molecular complexity index is 656. The number of aryl methyl sites for hydroxylation is 1. The molecule has 1 aliphatic rings. The highest BCUT2D eigenvalue weighted by atomic mass is 16.1. The summed E-state index contributed by atoms with van der Waals surface area (Å²) in [6, 6.07) is 14.0. The maximum atomic E-state index is 12.3. The largest absolute Gasteiger partial charge is 0.349 e. The van der Waals surface area contributed by atoms with Crippen LogP contribution in [-0.4, -0.2) is 11.9 Å². The number of carbonyl (C=O) groups excluding carboxylic acids is 1. The van der Waals surface area contributed by atoms with Crippen molar-refractivity contribution in [3.05, 3.63) is 64.7 Å². The van der Waals surface area contributed by atoms with Crippen LogP contribution >= 0.6 is 0 Å². The van der Waals surface area contributed by atoms with Crippen LogP contribution in [0.5, 0.6) is 0 Å². The monoisotopic (exact) mass is 281 g/mol. The Hall–Kier alpha value is -2.33. The SMILES string of the molecule is Cc1cc(C(=O)NC2Cc3ccccc3C2)ccc1NN. The first-order valence-electron chi connectivity index (χ1n) is 7.12. The van der Waals surface area contributed by atoms with Gasteiger partial charge in [-0.1, -0.05) is 24.3 Å². The zero-order chi connectivity index (χ0) is 14.8. The number of carbonyl (C=O) groups is 1. The third-order valence-electron chi connectivity index (χ3n) is 4.03. The average molecular weight is 281 g/mol. The van der Waals surface area contributed by atoms with Gasteiger partial charge in [-0.25, -0.2) is 0 Å². The summed E-state index contributed by atoms with van der Waals surface area (Å²) in [5.74, 6) is 5.38. The number of benzene rings is 2. The number of nitrogen functional groups attached to an aromatic ring is 1. The molecule has 2 aromatic rings. The number of anilines is 1. The summed E-state index contributed by atoms with van der Waals surface area (Å²) in [6.07, 6.45) is 1.81. The van der Waals surface area contributed by atoms with Crippen LogP contribution in [0, 0.1) is 6.92 Å². The molecule has 0 aromatic heterocycles. The van der Waals surface area contributed by atoms with E-state index in [1.807, 2.05) is 31.2 Å². The van der Waals surface area contributed by atoms with E-state index < -0.39 is 0 Å². The molecular formula is C17H19N3O. The number of nitrogens with two attached hydrogens (primary N) is 1. The zero-order valence-electron chi connectivity index (χ0n) is 12.0. The van der Waals surface area contributed by atoms with Crippen molar-refractivity contribution >= 4 is 11.6 Å². The fourth-order valence-electron chi connectivity index (χ4n) is 2.90. The second-order valence-electron chi connectivity index (χ2n) is 5.52. The van der Waals surface area contributed by atoms with Crippen molar-refractivity contribution < 1.29 is 4.79 Å². The molecule has 21 heavy (non-hydrogen) atoms. The fourth-order valence-corrected chi connectivity index (χ4v) is 2.90. The highest BCUT2D eigenvalue weighted by molar-refractivity contribution is 5.95. The third kappa shape index (κ3) is 2.76. The van der Waals surface area contributed by atoms with Crippen molar-refractivity contribution in [1.29, 1.82) is 0 Å². The molecule has 2 aromatic carbocycles. The molecule has 3 rings (SSSR count). The van der Waals surface area contributed by atoms with E-state index in [4.69, 9.17) is 5.84 Å². The van der Waals surface area contributed by atoms with Gasteiger partial charge in [0.25, 0.3) is 5.91 Å². The molecule has 4 heteroatoms. The lowest BCUT2D eigenvalue weighted by atomic mass is 10.1. The van der Waals surface area contributed by atoms with Crippen LogP contribution in [-0.2, 0) is 12.8 Å². The molecule has 0 saturated heterocycles. The zero-order valence-corrected chi connectivity index (χ0v) is 12.0. The van der Waals surface area contributed by atoms with Gasteiger partial charge in [0.05, 0.1) is 5.69 Å². The fraction of sp³-hybridized carbons (Fsp3) is 0.235. The van der Waals surface area contributed by atoms with E-state index in [9.17, 15) is 4.79 Å². The molecule has 0 spiro atoms. The maximum Gasteiger partial charge on any atom is 0.251 e. The molecule has 0 atom stereocenters. The second-order valence-corrected chi connectivity index (χ2v) is 5.52. The molecule has 4 N–H and O–H groups in total. The van der Waals surface area contributed by atoms with E-state index in [0.29, 0.717) is 5.56 Å². The summed E-state index contributed by atoms with van der Waals surface area (Å²) < 4.78 is 0. The van der Waals surface area contributed by atoms with E-state index in [0.717, 1.165) is 24.1 Å². The number of hydrogen-bond acceptors (Lipinski definition) is 3. The third-order valence-corrected chi connectivity index (χ3v) is 4.03. The minimum atomic E-state index is -0.0283. The quantitative estimate of drug-likeness (QED) is 0.596. The standard InChI is InChI=1S/C17H19N3O/c1-11-8-14(6-7-16(11)20-18)17(21)19-15-9-12-4-2-3-5-13(12)10-15/h2-8,15,20H,9-10,18H2,1H3,(H,19,21). The van der Waals surface area contributed by atoms with Gasteiger partial charge in [-0.15, -0.1) is 0 Å². The first-order valence-corrected chi connectivity index (χ1v) is 7.12. The van der Waals surface area contributed by atoms with Crippen molar-refractivity contribution in [2.45, 2.75) is 25.8 Å². The van der Waals surface area contributed by atoms with Gasteiger partial charge in [0.1, 0.15) is 0 Å². The summed E-state index contributed by atoms with van der Waals surface area (Å²) >= 11 is 0. The first kappa shape index (κ1) is 13.6. The summed E-state index contributed by atoms with van der Waals surface area (Å²) in [5.41, 5.74) is 7.74. The normalized spacial score (nSPS) is 13.8. The van der Waals surface area contributed by atoms with Gasteiger partial charge in [0.15, 0.2) is 0 Å². The molecule has 0 aliphatic heterocycles. The van der Waals surface area contributed by atoms with Crippen LogP contribution in [0.25, 0.3) is 0 Å². The number of rotatable bonds is 3. The molecule has 1 amide bonds. The number of hydrogen-bond donors (Lipinski definition) is 3. The Morgan fingerprint density at radius 2 is 1.81 bits per heavy atom. The van der Waals surface area contributed by atoms with E-state index in [1.165, 1.54) is 11.1 Å². The van der Waals surface area contributed by atoms with Gasteiger partial charge in [-0.3, -0.25) is 10.6 Å². The topological polar surface area (TPSA) is 67.2 Å². The van der Waals surface area contributed by atoms with Crippen molar-refractivity contribution in [3.63, 3.8) is 0 Å². The Morgan fingerprint density at radius 3 is 2.38 bits per heavy atom. The minimum Gasteiger partial charge on any atom is -0.349 e. The van der Waals surface area contributed by atoms with Crippen molar-refractivity contribution in [1.82, 2.24) is 5.32 Å².